The smallest absolute Gasteiger partial charge is 0.335 e. The predicted molar refractivity (Wildman–Crippen MR) is 73.3 cm³/mol. The van der Waals surface area contributed by atoms with Gasteiger partial charge in [0, 0.05) is 12.8 Å². The van der Waals surface area contributed by atoms with E-state index in [2.05, 4.69) is 19.2 Å². The van der Waals surface area contributed by atoms with Crippen molar-refractivity contribution in [2.24, 2.45) is 5.92 Å². The molecule has 0 saturated heterocycles. The minimum atomic E-state index is -0.261. The first kappa shape index (κ1) is 17.0. The minimum absolute atomic E-state index is 0.212. The third-order valence-corrected chi connectivity index (χ3v) is 3.22. The van der Waals surface area contributed by atoms with Gasteiger partial charge >= 0.3 is 5.97 Å². The average molecular weight is 257 g/mol. The van der Waals surface area contributed by atoms with Gasteiger partial charge in [-0.3, -0.25) is 0 Å². The molecule has 0 aromatic heterocycles. The fourth-order valence-corrected chi connectivity index (χ4v) is 1.59. The fourth-order valence-electron chi connectivity index (χ4n) is 1.59. The van der Waals surface area contributed by atoms with E-state index in [1.807, 2.05) is 6.92 Å². The summed E-state index contributed by atoms with van der Waals surface area (Å²) in [7, 11) is 1.69. The normalized spacial score (nSPS) is 15.7. The lowest BCUT2D eigenvalue weighted by molar-refractivity contribution is -0.138. The second kappa shape index (κ2) is 8.97. The van der Waals surface area contributed by atoms with Gasteiger partial charge < -0.3 is 14.8 Å². The number of methoxy groups -OCH3 is 1. The molecule has 0 fully saturated rings. The predicted octanol–water partition coefficient (Wildman–Crippen LogP) is 2.49. The molecule has 0 rings (SSSR count). The van der Waals surface area contributed by atoms with Gasteiger partial charge in [0.05, 0.1) is 24.8 Å². The minimum Gasteiger partial charge on any atom is -0.463 e. The maximum Gasteiger partial charge on any atom is 0.335 e. The van der Waals surface area contributed by atoms with E-state index in [1.165, 1.54) is 0 Å². The van der Waals surface area contributed by atoms with Crippen LogP contribution >= 0.6 is 0 Å². The first-order chi connectivity index (χ1) is 8.47. The van der Waals surface area contributed by atoms with E-state index in [9.17, 15) is 4.79 Å². The Labute approximate surface area is 111 Å². The van der Waals surface area contributed by atoms with Crippen molar-refractivity contribution in [3.63, 3.8) is 0 Å². The lowest BCUT2D eigenvalue weighted by Crippen LogP contribution is -2.38. The van der Waals surface area contributed by atoms with Gasteiger partial charge in [-0.25, -0.2) is 4.79 Å². The zero-order valence-electron chi connectivity index (χ0n) is 12.5. The molecular weight excluding hydrogens is 230 g/mol. The molecule has 0 aromatic carbocycles. The summed E-state index contributed by atoms with van der Waals surface area (Å²) >= 11 is 0. The SMILES string of the molecule is CCOC(=O)/C(C)=C(\C)NC(COC)C(C)CC. The number of carbonyl (C=O) groups is 1. The van der Waals surface area contributed by atoms with Gasteiger partial charge in [-0.1, -0.05) is 20.3 Å². The molecule has 0 aliphatic rings. The molecule has 0 aliphatic carbocycles. The molecule has 0 amide bonds. The summed E-state index contributed by atoms with van der Waals surface area (Å²) in [5.74, 6) is 0.220. The van der Waals surface area contributed by atoms with Crippen molar-refractivity contribution in [3.05, 3.63) is 11.3 Å². The van der Waals surface area contributed by atoms with Crippen LogP contribution in [0, 0.1) is 5.92 Å². The van der Waals surface area contributed by atoms with Gasteiger partial charge in [0.2, 0.25) is 0 Å². The summed E-state index contributed by atoms with van der Waals surface area (Å²) in [6.07, 6.45) is 1.06. The molecule has 0 aromatic rings. The fraction of sp³-hybridized carbons (Fsp3) is 0.786. The number of esters is 1. The van der Waals surface area contributed by atoms with Gasteiger partial charge in [-0.05, 0) is 26.7 Å². The van der Waals surface area contributed by atoms with Crippen molar-refractivity contribution in [2.75, 3.05) is 20.3 Å². The van der Waals surface area contributed by atoms with Crippen LogP contribution in [0.3, 0.4) is 0 Å². The Hall–Kier alpha value is -1.03. The second-order valence-electron chi connectivity index (χ2n) is 4.56. The van der Waals surface area contributed by atoms with E-state index in [0.29, 0.717) is 24.7 Å². The van der Waals surface area contributed by atoms with Crippen LogP contribution in [0.2, 0.25) is 0 Å². The van der Waals surface area contributed by atoms with Gasteiger partial charge in [0.15, 0.2) is 0 Å². The van der Waals surface area contributed by atoms with Crippen molar-refractivity contribution < 1.29 is 14.3 Å². The molecule has 2 unspecified atom stereocenters. The van der Waals surface area contributed by atoms with E-state index in [4.69, 9.17) is 9.47 Å². The number of hydrogen-bond acceptors (Lipinski definition) is 4. The third kappa shape index (κ3) is 5.54. The van der Waals surface area contributed by atoms with E-state index < -0.39 is 0 Å². The van der Waals surface area contributed by atoms with E-state index in [-0.39, 0.29) is 12.0 Å². The topological polar surface area (TPSA) is 47.6 Å². The molecule has 0 spiro atoms. The molecule has 2 atom stereocenters. The summed E-state index contributed by atoms with van der Waals surface area (Å²) < 4.78 is 10.2. The highest BCUT2D eigenvalue weighted by Gasteiger charge is 2.17. The van der Waals surface area contributed by atoms with Crippen LogP contribution in [0.25, 0.3) is 0 Å². The Morgan fingerprint density at radius 3 is 2.33 bits per heavy atom. The molecule has 4 nitrogen and oxygen atoms in total. The third-order valence-electron chi connectivity index (χ3n) is 3.22. The Morgan fingerprint density at radius 1 is 1.28 bits per heavy atom. The number of nitrogens with one attached hydrogen (secondary N) is 1. The number of rotatable bonds is 8. The summed E-state index contributed by atoms with van der Waals surface area (Å²) in [5, 5.41) is 3.36. The highest BCUT2D eigenvalue weighted by atomic mass is 16.5. The molecule has 18 heavy (non-hydrogen) atoms. The van der Waals surface area contributed by atoms with Crippen molar-refractivity contribution in [2.45, 2.75) is 47.1 Å². The molecular formula is C14H27NO3. The van der Waals surface area contributed by atoms with Gasteiger partial charge in [-0.15, -0.1) is 0 Å². The van der Waals surface area contributed by atoms with Crippen LogP contribution < -0.4 is 5.32 Å². The van der Waals surface area contributed by atoms with Gasteiger partial charge in [0.25, 0.3) is 0 Å². The molecule has 0 radical (unpaired) electrons. The highest BCUT2D eigenvalue weighted by Crippen LogP contribution is 2.12. The summed E-state index contributed by atoms with van der Waals surface area (Å²) in [6, 6.07) is 0.212. The van der Waals surface area contributed by atoms with Crippen LogP contribution in [0.1, 0.15) is 41.0 Å². The number of hydrogen-bond donors (Lipinski definition) is 1. The molecule has 1 N–H and O–H groups in total. The molecule has 106 valence electrons. The summed E-state index contributed by atoms with van der Waals surface area (Å²) in [4.78, 5) is 11.6. The Morgan fingerprint density at radius 2 is 1.89 bits per heavy atom. The average Bonchev–Trinajstić information content (AvgIpc) is 2.36. The molecule has 0 heterocycles. The van der Waals surface area contributed by atoms with Crippen LogP contribution in [0.5, 0.6) is 0 Å². The second-order valence-corrected chi connectivity index (χ2v) is 4.56. The lowest BCUT2D eigenvalue weighted by Gasteiger charge is -2.25. The number of allylic oxidation sites excluding steroid dienone is 1. The first-order valence-corrected chi connectivity index (χ1v) is 6.57. The summed E-state index contributed by atoms with van der Waals surface area (Å²) in [5.41, 5.74) is 1.48. The van der Waals surface area contributed by atoms with Crippen molar-refractivity contribution in [1.29, 1.82) is 0 Å². The standard InChI is InChI=1S/C14H27NO3/c1-7-10(3)13(9-17-6)15-12(5)11(4)14(16)18-8-2/h10,13,15H,7-9H2,1-6H3/b12-11+. The lowest BCUT2D eigenvalue weighted by atomic mass is 9.99. The van der Waals surface area contributed by atoms with Crippen LogP contribution in [0.4, 0.5) is 0 Å². The molecule has 0 saturated carbocycles. The monoisotopic (exact) mass is 257 g/mol. The largest absolute Gasteiger partial charge is 0.463 e. The molecule has 0 aliphatic heterocycles. The van der Waals surface area contributed by atoms with Crippen molar-refractivity contribution in [3.8, 4) is 0 Å². The van der Waals surface area contributed by atoms with Crippen LogP contribution in [-0.4, -0.2) is 32.3 Å². The van der Waals surface area contributed by atoms with Gasteiger partial charge in [-0.2, -0.15) is 0 Å². The Balaban J connectivity index is 4.70. The van der Waals surface area contributed by atoms with E-state index >= 15 is 0 Å². The number of ether oxygens (including phenoxy) is 2. The van der Waals surface area contributed by atoms with E-state index in [0.717, 1.165) is 12.1 Å². The Bertz CT molecular complexity index is 287. The Kier molecular flexibility index (Phi) is 8.46. The van der Waals surface area contributed by atoms with Gasteiger partial charge in [0.1, 0.15) is 0 Å². The van der Waals surface area contributed by atoms with Crippen molar-refractivity contribution >= 4 is 5.97 Å². The van der Waals surface area contributed by atoms with Crippen LogP contribution in [-0.2, 0) is 14.3 Å². The highest BCUT2D eigenvalue weighted by molar-refractivity contribution is 5.88. The van der Waals surface area contributed by atoms with Crippen molar-refractivity contribution in [1.82, 2.24) is 5.32 Å². The summed E-state index contributed by atoms with van der Waals surface area (Å²) in [6.45, 7) is 10.8. The molecule has 0 bridgehead atoms. The van der Waals surface area contributed by atoms with E-state index in [1.54, 1.807) is 21.0 Å². The molecule has 4 heteroatoms. The van der Waals surface area contributed by atoms with Crippen LogP contribution in [0.15, 0.2) is 11.3 Å². The zero-order chi connectivity index (χ0) is 14.1. The number of carbonyl (C=O) groups excluding carboxylic acids is 1. The maximum atomic E-state index is 11.6. The maximum absolute atomic E-state index is 11.6. The first-order valence-electron chi connectivity index (χ1n) is 6.57. The quantitative estimate of drug-likeness (QED) is 0.536. The zero-order valence-corrected chi connectivity index (χ0v) is 12.5.